The van der Waals surface area contributed by atoms with Crippen LogP contribution in [-0.4, -0.2) is 24.0 Å². The van der Waals surface area contributed by atoms with Crippen molar-refractivity contribution in [1.29, 1.82) is 0 Å². The first-order valence-corrected chi connectivity index (χ1v) is 7.59. The molecule has 0 bridgehead atoms. The van der Waals surface area contributed by atoms with Crippen molar-refractivity contribution in [2.24, 2.45) is 5.92 Å². The van der Waals surface area contributed by atoms with Crippen LogP contribution < -0.4 is 4.90 Å². The lowest BCUT2D eigenvalue weighted by Gasteiger charge is -2.17. The third kappa shape index (κ3) is 2.43. The lowest BCUT2D eigenvalue weighted by molar-refractivity contribution is -0.117. The smallest absolute Gasteiger partial charge is 0.227 e. The van der Waals surface area contributed by atoms with E-state index in [9.17, 15) is 4.79 Å². The van der Waals surface area contributed by atoms with E-state index < -0.39 is 0 Å². The lowest BCUT2D eigenvalue weighted by Crippen LogP contribution is -2.24. The topological polar surface area (TPSA) is 20.3 Å². The second kappa shape index (κ2) is 5.23. The molecule has 0 aromatic heterocycles. The summed E-state index contributed by atoms with van der Waals surface area (Å²) in [6.45, 7) is 0.835. The first-order chi connectivity index (χ1) is 7.74. The van der Waals surface area contributed by atoms with Crippen LogP contribution >= 0.6 is 27.7 Å². The maximum absolute atomic E-state index is 11.8. The van der Waals surface area contributed by atoms with E-state index in [2.05, 4.69) is 28.1 Å². The highest BCUT2D eigenvalue weighted by molar-refractivity contribution is 9.09. The highest BCUT2D eigenvalue weighted by Crippen LogP contribution is 2.28. The molecule has 0 aliphatic carbocycles. The number of thioether (sulfide) groups is 1. The number of hydrogen-bond acceptors (Lipinski definition) is 2. The van der Waals surface area contributed by atoms with Crippen molar-refractivity contribution < 1.29 is 4.79 Å². The van der Waals surface area contributed by atoms with Crippen molar-refractivity contribution >= 4 is 39.3 Å². The molecule has 0 saturated carbocycles. The Balaban J connectivity index is 2.20. The fourth-order valence-corrected chi connectivity index (χ4v) is 2.80. The molecule has 1 saturated heterocycles. The molecule has 1 aromatic carbocycles. The van der Waals surface area contributed by atoms with Gasteiger partial charge in [-0.2, -0.15) is 0 Å². The number of amides is 1. The van der Waals surface area contributed by atoms with Gasteiger partial charge in [-0.05, 0) is 30.4 Å². The van der Waals surface area contributed by atoms with Crippen molar-refractivity contribution in [1.82, 2.24) is 0 Å². The second-order valence-electron chi connectivity index (χ2n) is 3.93. The maximum atomic E-state index is 11.8. The number of halogens is 1. The van der Waals surface area contributed by atoms with E-state index in [1.165, 1.54) is 4.90 Å². The molecule has 1 aliphatic rings. The Labute approximate surface area is 109 Å². The van der Waals surface area contributed by atoms with E-state index in [1.54, 1.807) is 11.8 Å². The summed E-state index contributed by atoms with van der Waals surface area (Å²) in [4.78, 5) is 14.9. The van der Waals surface area contributed by atoms with Gasteiger partial charge in [0.1, 0.15) is 0 Å². The summed E-state index contributed by atoms with van der Waals surface area (Å²) < 4.78 is 0. The first kappa shape index (κ1) is 12.0. The Morgan fingerprint density at radius 3 is 3.00 bits per heavy atom. The Kier molecular flexibility index (Phi) is 3.92. The van der Waals surface area contributed by atoms with Crippen LogP contribution in [0.1, 0.15) is 6.42 Å². The molecule has 1 heterocycles. The summed E-state index contributed by atoms with van der Waals surface area (Å²) in [6, 6.07) is 8.17. The number of anilines is 1. The molecule has 16 heavy (non-hydrogen) atoms. The minimum absolute atomic E-state index is 0.239. The van der Waals surface area contributed by atoms with Gasteiger partial charge in [0, 0.05) is 28.9 Å². The van der Waals surface area contributed by atoms with Gasteiger partial charge in [-0.15, -0.1) is 11.8 Å². The van der Waals surface area contributed by atoms with Crippen LogP contribution in [0.15, 0.2) is 29.2 Å². The van der Waals surface area contributed by atoms with Gasteiger partial charge in [-0.25, -0.2) is 0 Å². The molecule has 1 aliphatic heterocycles. The van der Waals surface area contributed by atoms with E-state index in [0.717, 1.165) is 17.6 Å². The normalized spacial score (nSPS) is 20.5. The van der Waals surface area contributed by atoms with Gasteiger partial charge in [-0.1, -0.05) is 22.0 Å². The minimum atomic E-state index is 0.239. The monoisotopic (exact) mass is 299 g/mol. The van der Waals surface area contributed by atoms with Gasteiger partial charge < -0.3 is 4.90 Å². The molecule has 0 N–H and O–H groups in total. The Hall–Kier alpha value is -0.480. The molecule has 2 nitrogen and oxygen atoms in total. The molecule has 1 aromatic rings. The van der Waals surface area contributed by atoms with Gasteiger partial charge in [0.15, 0.2) is 0 Å². The highest BCUT2D eigenvalue weighted by Gasteiger charge is 2.29. The molecule has 1 amide bonds. The quantitative estimate of drug-likeness (QED) is 0.631. The van der Waals surface area contributed by atoms with E-state index in [4.69, 9.17) is 0 Å². The van der Waals surface area contributed by atoms with E-state index >= 15 is 0 Å². The summed E-state index contributed by atoms with van der Waals surface area (Å²) >= 11 is 5.15. The van der Waals surface area contributed by atoms with Crippen LogP contribution in [0.3, 0.4) is 0 Å². The van der Waals surface area contributed by atoms with Crippen molar-refractivity contribution in [3.8, 4) is 0 Å². The Morgan fingerprint density at radius 2 is 2.38 bits per heavy atom. The average Bonchev–Trinajstić information content (AvgIpc) is 2.71. The van der Waals surface area contributed by atoms with Gasteiger partial charge >= 0.3 is 0 Å². The van der Waals surface area contributed by atoms with Gasteiger partial charge in [0.05, 0.1) is 0 Å². The summed E-state index contributed by atoms with van der Waals surface area (Å²) in [7, 11) is 0. The summed E-state index contributed by atoms with van der Waals surface area (Å²) in [5.41, 5.74) is 1.03. The number of rotatable bonds is 3. The van der Waals surface area contributed by atoms with Gasteiger partial charge in [0.25, 0.3) is 0 Å². The number of nitrogens with zero attached hydrogens (tertiary/aromatic N) is 1. The van der Waals surface area contributed by atoms with E-state index in [-0.39, 0.29) is 5.91 Å². The van der Waals surface area contributed by atoms with Crippen LogP contribution in [-0.2, 0) is 4.79 Å². The standard InChI is InChI=1S/C12H14BrNOS/c1-16-11-4-2-3-10(6-11)14-8-9(7-13)5-12(14)15/h2-4,6,9H,5,7-8H2,1H3. The predicted octanol–water partition coefficient (Wildman–Crippen LogP) is 3.16. The number of hydrogen-bond donors (Lipinski definition) is 0. The molecule has 86 valence electrons. The highest BCUT2D eigenvalue weighted by atomic mass is 79.9. The van der Waals surface area contributed by atoms with Crippen LogP contribution in [0.5, 0.6) is 0 Å². The number of alkyl halides is 1. The SMILES string of the molecule is CSc1cccc(N2CC(CBr)CC2=O)c1. The van der Waals surface area contributed by atoms with Crippen LogP contribution in [0.25, 0.3) is 0 Å². The first-order valence-electron chi connectivity index (χ1n) is 5.25. The number of benzene rings is 1. The molecular formula is C12H14BrNOS. The summed E-state index contributed by atoms with van der Waals surface area (Å²) in [5.74, 6) is 0.688. The zero-order valence-electron chi connectivity index (χ0n) is 9.15. The zero-order valence-corrected chi connectivity index (χ0v) is 11.6. The molecular weight excluding hydrogens is 286 g/mol. The van der Waals surface area contributed by atoms with Gasteiger partial charge in [0.2, 0.25) is 5.91 Å². The number of carbonyl (C=O) groups is 1. The average molecular weight is 300 g/mol. The molecule has 1 fully saturated rings. The Morgan fingerprint density at radius 1 is 1.56 bits per heavy atom. The zero-order chi connectivity index (χ0) is 11.5. The fraction of sp³-hybridized carbons (Fsp3) is 0.417. The Bertz CT molecular complexity index is 396. The molecule has 1 atom stereocenters. The van der Waals surface area contributed by atoms with Crippen LogP contribution in [0.4, 0.5) is 5.69 Å². The third-order valence-electron chi connectivity index (χ3n) is 2.79. The van der Waals surface area contributed by atoms with E-state index in [1.807, 2.05) is 23.3 Å². The summed E-state index contributed by atoms with van der Waals surface area (Å²) in [6.07, 6.45) is 2.71. The van der Waals surface area contributed by atoms with Crippen molar-refractivity contribution in [2.75, 3.05) is 23.0 Å². The largest absolute Gasteiger partial charge is 0.312 e. The van der Waals surface area contributed by atoms with Crippen LogP contribution in [0, 0.1) is 5.92 Å². The second-order valence-corrected chi connectivity index (χ2v) is 5.46. The lowest BCUT2D eigenvalue weighted by atomic mass is 10.2. The van der Waals surface area contributed by atoms with Crippen molar-refractivity contribution in [3.05, 3.63) is 24.3 Å². The number of carbonyl (C=O) groups excluding carboxylic acids is 1. The third-order valence-corrected chi connectivity index (χ3v) is 4.43. The van der Waals surface area contributed by atoms with Crippen LogP contribution in [0.2, 0.25) is 0 Å². The van der Waals surface area contributed by atoms with Crippen molar-refractivity contribution in [2.45, 2.75) is 11.3 Å². The fourth-order valence-electron chi connectivity index (χ4n) is 1.91. The molecule has 2 rings (SSSR count). The maximum Gasteiger partial charge on any atom is 0.227 e. The molecule has 1 unspecified atom stereocenters. The van der Waals surface area contributed by atoms with Crippen molar-refractivity contribution in [3.63, 3.8) is 0 Å². The molecule has 4 heteroatoms. The molecule has 0 spiro atoms. The minimum Gasteiger partial charge on any atom is -0.312 e. The van der Waals surface area contributed by atoms with E-state index in [0.29, 0.717) is 12.3 Å². The molecule has 0 radical (unpaired) electrons. The predicted molar refractivity (Wildman–Crippen MR) is 72.5 cm³/mol. The summed E-state index contributed by atoms with van der Waals surface area (Å²) in [5, 5.41) is 0.900. The van der Waals surface area contributed by atoms with Gasteiger partial charge in [-0.3, -0.25) is 4.79 Å².